The van der Waals surface area contributed by atoms with E-state index in [1.807, 2.05) is 0 Å². The van der Waals surface area contributed by atoms with Crippen molar-refractivity contribution in [3.05, 3.63) is 54.1 Å². The Morgan fingerprint density at radius 2 is 1.90 bits per heavy atom. The van der Waals surface area contributed by atoms with E-state index < -0.39 is 0 Å². The summed E-state index contributed by atoms with van der Waals surface area (Å²) in [6.45, 7) is 0. The number of allylic oxidation sites excluding steroid dienone is 1. The van der Waals surface area contributed by atoms with Crippen LogP contribution in [0.4, 0.5) is 0 Å². The fraction of sp³-hybridized carbons (Fsp3) is 0.316. The minimum Gasteiger partial charge on any atom is -0.299 e. The van der Waals surface area contributed by atoms with E-state index in [4.69, 9.17) is 0 Å². The van der Waals surface area contributed by atoms with Gasteiger partial charge in [0, 0.05) is 12.3 Å². The summed E-state index contributed by atoms with van der Waals surface area (Å²) >= 11 is 0. The number of ketones is 1. The second kappa shape index (κ2) is 6.04. The lowest BCUT2D eigenvalue weighted by atomic mass is 9.85. The third-order valence-electron chi connectivity index (χ3n) is 4.19. The first-order valence-electron chi connectivity index (χ1n) is 7.51. The molecule has 1 aliphatic carbocycles. The molecule has 1 heteroatoms. The van der Waals surface area contributed by atoms with Crippen molar-refractivity contribution in [3.63, 3.8) is 0 Å². The van der Waals surface area contributed by atoms with Crippen LogP contribution >= 0.6 is 0 Å². The maximum atomic E-state index is 11.8. The molecule has 2 aromatic rings. The third-order valence-corrected chi connectivity index (χ3v) is 4.19. The molecule has 3 rings (SSSR count). The minimum atomic E-state index is 0.264. The van der Waals surface area contributed by atoms with Gasteiger partial charge in [-0.15, -0.1) is 0 Å². The molecule has 1 atom stereocenters. The monoisotopic (exact) mass is 264 g/mol. The average Bonchev–Trinajstić information content (AvgIpc) is 2.49. The standard InChI is InChI=1S/C19H20O/c20-19-11-4-3-8-17(19)10-5-6-15-12-13-16-7-1-2-9-18(16)14-15/h1-2,5-7,9,12-14,17H,3-4,8,10-11H2/b6-5+. The second-order valence-corrected chi connectivity index (χ2v) is 5.65. The summed E-state index contributed by atoms with van der Waals surface area (Å²) in [7, 11) is 0. The summed E-state index contributed by atoms with van der Waals surface area (Å²) < 4.78 is 0. The van der Waals surface area contributed by atoms with Gasteiger partial charge in [-0.25, -0.2) is 0 Å². The summed E-state index contributed by atoms with van der Waals surface area (Å²) in [5.74, 6) is 0.722. The molecule has 0 aromatic heterocycles. The van der Waals surface area contributed by atoms with Crippen molar-refractivity contribution >= 4 is 22.6 Å². The second-order valence-electron chi connectivity index (χ2n) is 5.65. The summed E-state index contributed by atoms with van der Waals surface area (Å²) in [4.78, 5) is 11.8. The van der Waals surface area contributed by atoms with E-state index in [-0.39, 0.29) is 5.92 Å². The predicted octanol–water partition coefficient (Wildman–Crippen LogP) is 5.00. The highest BCUT2D eigenvalue weighted by Gasteiger charge is 2.20. The lowest BCUT2D eigenvalue weighted by Gasteiger charge is -2.18. The summed E-state index contributed by atoms with van der Waals surface area (Å²) in [6.07, 6.45) is 9.36. The zero-order chi connectivity index (χ0) is 13.8. The van der Waals surface area contributed by atoms with Gasteiger partial charge < -0.3 is 0 Å². The van der Waals surface area contributed by atoms with Crippen molar-refractivity contribution in [2.45, 2.75) is 32.1 Å². The molecule has 0 heterocycles. The van der Waals surface area contributed by atoms with Crippen molar-refractivity contribution in [1.29, 1.82) is 0 Å². The molecule has 102 valence electrons. The van der Waals surface area contributed by atoms with Crippen LogP contribution in [0.3, 0.4) is 0 Å². The lowest BCUT2D eigenvalue weighted by Crippen LogP contribution is -2.17. The first-order valence-corrected chi connectivity index (χ1v) is 7.51. The number of carbonyl (C=O) groups is 1. The van der Waals surface area contributed by atoms with Crippen LogP contribution in [0.5, 0.6) is 0 Å². The fourth-order valence-electron chi connectivity index (χ4n) is 2.98. The molecule has 1 nitrogen and oxygen atoms in total. The first kappa shape index (κ1) is 13.1. The smallest absolute Gasteiger partial charge is 0.136 e. The average molecular weight is 264 g/mol. The highest BCUT2D eigenvalue weighted by Crippen LogP contribution is 2.24. The van der Waals surface area contributed by atoms with Gasteiger partial charge in [0.25, 0.3) is 0 Å². The van der Waals surface area contributed by atoms with E-state index >= 15 is 0 Å². The summed E-state index contributed by atoms with van der Waals surface area (Å²) in [6, 6.07) is 14.9. The van der Waals surface area contributed by atoms with E-state index in [2.05, 4.69) is 54.6 Å². The van der Waals surface area contributed by atoms with Crippen LogP contribution in [0.25, 0.3) is 16.8 Å². The molecule has 2 aromatic carbocycles. The molecule has 0 amide bonds. The molecule has 0 spiro atoms. The molecule has 0 aliphatic heterocycles. The Labute approximate surface area is 120 Å². The Hall–Kier alpha value is -1.89. The van der Waals surface area contributed by atoms with E-state index in [1.54, 1.807) is 0 Å². The fourth-order valence-corrected chi connectivity index (χ4v) is 2.98. The normalized spacial score (nSPS) is 19.8. The third kappa shape index (κ3) is 2.98. The largest absolute Gasteiger partial charge is 0.299 e. The van der Waals surface area contributed by atoms with Gasteiger partial charge in [0.15, 0.2) is 0 Å². The van der Waals surface area contributed by atoms with Crippen LogP contribution in [-0.4, -0.2) is 5.78 Å². The maximum Gasteiger partial charge on any atom is 0.136 e. The molecule has 1 unspecified atom stereocenters. The molecular formula is C19H20O. The number of fused-ring (bicyclic) bond motifs is 1. The quantitative estimate of drug-likeness (QED) is 0.762. The molecule has 1 saturated carbocycles. The lowest BCUT2D eigenvalue weighted by molar-refractivity contribution is -0.124. The van der Waals surface area contributed by atoms with Crippen molar-refractivity contribution in [1.82, 2.24) is 0 Å². The van der Waals surface area contributed by atoms with Crippen molar-refractivity contribution < 1.29 is 4.79 Å². The van der Waals surface area contributed by atoms with Crippen LogP contribution in [0, 0.1) is 5.92 Å². The predicted molar refractivity (Wildman–Crippen MR) is 84.6 cm³/mol. The van der Waals surface area contributed by atoms with Crippen LogP contribution in [-0.2, 0) is 4.79 Å². The van der Waals surface area contributed by atoms with E-state index in [9.17, 15) is 4.79 Å². The molecule has 1 aliphatic rings. The van der Waals surface area contributed by atoms with Gasteiger partial charge >= 0.3 is 0 Å². The zero-order valence-corrected chi connectivity index (χ0v) is 11.7. The number of rotatable bonds is 3. The molecule has 0 bridgehead atoms. The highest BCUT2D eigenvalue weighted by molar-refractivity contribution is 5.85. The molecular weight excluding hydrogens is 244 g/mol. The van der Waals surface area contributed by atoms with Gasteiger partial charge in [0.05, 0.1) is 0 Å². The number of hydrogen-bond acceptors (Lipinski definition) is 1. The minimum absolute atomic E-state index is 0.264. The summed E-state index contributed by atoms with van der Waals surface area (Å²) in [5, 5.41) is 2.54. The molecule has 1 fully saturated rings. The van der Waals surface area contributed by atoms with E-state index in [0.717, 1.165) is 25.7 Å². The highest BCUT2D eigenvalue weighted by atomic mass is 16.1. The SMILES string of the molecule is O=C1CCCCC1C/C=C/c1ccc2ccccc2c1. The topological polar surface area (TPSA) is 17.1 Å². The number of carbonyl (C=O) groups excluding carboxylic acids is 1. The Bertz CT molecular complexity index is 639. The Morgan fingerprint density at radius 1 is 1.05 bits per heavy atom. The Kier molecular flexibility index (Phi) is 3.96. The Balaban J connectivity index is 1.69. The number of benzene rings is 2. The number of Topliss-reactive ketones (excluding diaryl/α,β-unsaturated/α-hetero) is 1. The van der Waals surface area contributed by atoms with Crippen LogP contribution < -0.4 is 0 Å². The van der Waals surface area contributed by atoms with Gasteiger partial charge in [0.1, 0.15) is 5.78 Å². The molecule has 0 radical (unpaired) electrons. The number of hydrogen-bond donors (Lipinski definition) is 0. The van der Waals surface area contributed by atoms with Crippen LogP contribution in [0.2, 0.25) is 0 Å². The van der Waals surface area contributed by atoms with Crippen molar-refractivity contribution in [2.24, 2.45) is 5.92 Å². The van der Waals surface area contributed by atoms with Crippen molar-refractivity contribution in [2.75, 3.05) is 0 Å². The van der Waals surface area contributed by atoms with Crippen LogP contribution in [0.1, 0.15) is 37.7 Å². The van der Waals surface area contributed by atoms with E-state index in [0.29, 0.717) is 5.78 Å². The van der Waals surface area contributed by atoms with Gasteiger partial charge in [0.2, 0.25) is 0 Å². The van der Waals surface area contributed by atoms with Gasteiger partial charge in [-0.2, -0.15) is 0 Å². The summed E-state index contributed by atoms with van der Waals surface area (Å²) in [5.41, 5.74) is 1.21. The molecule has 0 N–H and O–H groups in total. The Morgan fingerprint density at radius 3 is 2.75 bits per heavy atom. The molecule has 20 heavy (non-hydrogen) atoms. The zero-order valence-electron chi connectivity index (χ0n) is 11.7. The van der Waals surface area contributed by atoms with Gasteiger partial charge in [-0.3, -0.25) is 4.79 Å². The maximum absolute atomic E-state index is 11.8. The van der Waals surface area contributed by atoms with Gasteiger partial charge in [-0.05, 0) is 41.7 Å². The van der Waals surface area contributed by atoms with Crippen LogP contribution in [0.15, 0.2) is 48.5 Å². The van der Waals surface area contributed by atoms with E-state index in [1.165, 1.54) is 22.8 Å². The van der Waals surface area contributed by atoms with Crippen molar-refractivity contribution in [3.8, 4) is 0 Å². The van der Waals surface area contributed by atoms with Gasteiger partial charge in [-0.1, -0.05) is 55.0 Å². The first-order chi connectivity index (χ1) is 9.83. The molecule has 0 saturated heterocycles.